The fourth-order valence-electron chi connectivity index (χ4n) is 2.30. The van der Waals surface area contributed by atoms with E-state index in [-0.39, 0.29) is 18.5 Å². The standard InChI is InChI=1S/C14H21FN2O/c1-17(10-13-4-2-3-7-18-13)12-6-5-11(9-16)14(15)8-12/h5-6,8,13H,2-4,7,9-10,16H2,1H3. The van der Waals surface area contributed by atoms with Gasteiger partial charge in [0.1, 0.15) is 5.82 Å². The molecule has 0 aromatic heterocycles. The van der Waals surface area contributed by atoms with E-state index < -0.39 is 0 Å². The molecule has 1 heterocycles. The Bertz CT molecular complexity index is 391. The molecule has 0 amide bonds. The van der Waals surface area contributed by atoms with Crippen LogP contribution in [0.4, 0.5) is 10.1 Å². The zero-order valence-corrected chi connectivity index (χ0v) is 10.9. The van der Waals surface area contributed by atoms with E-state index >= 15 is 0 Å². The van der Waals surface area contributed by atoms with Crippen molar-refractivity contribution in [3.05, 3.63) is 29.6 Å². The van der Waals surface area contributed by atoms with Crippen molar-refractivity contribution in [3.63, 3.8) is 0 Å². The Morgan fingerprint density at radius 3 is 2.89 bits per heavy atom. The first-order chi connectivity index (χ1) is 8.70. The van der Waals surface area contributed by atoms with Gasteiger partial charge in [-0.1, -0.05) is 6.07 Å². The van der Waals surface area contributed by atoms with E-state index in [0.717, 1.165) is 31.7 Å². The highest BCUT2D eigenvalue weighted by Gasteiger charge is 2.16. The predicted octanol–water partition coefficient (Wildman–Crippen LogP) is 2.29. The molecule has 0 bridgehead atoms. The van der Waals surface area contributed by atoms with Crippen LogP contribution in [0, 0.1) is 5.82 Å². The normalized spacial score (nSPS) is 19.8. The number of rotatable bonds is 4. The predicted molar refractivity (Wildman–Crippen MR) is 71.2 cm³/mol. The number of ether oxygens (including phenoxy) is 1. The lowest BCUT2D eigenvalue weighted by Crippen LogP contribution is -2.33. The molecule has 1 aromatic rings. The lowest BCUT2D eigenvalue weighted by Gasteiger charge is -2.28. The van der Waals surface area contributed by atoms with Crippen LogP contribution in [-0.2, 0) is 11.3 Å². The number of nitrogens with two attached hydrogens (primary N) is 1. The maximum absolute atomic E-state index is 13.7. The van der Waals surface area contributed by atoms with Crippen LogP contribution in [-0.4, -0.2) is 26.3 Å². The Balaban J connectivity index is 1.99. The topological polar surface area (TPSA) is 38.5 Å². The number of hydrogen-bond donors (Lipinski definition) is 1. The average Bonchev–Trinajstić information content (AvgIpc) is 2.39. The monoisotopic (exact) mass is 252 g/mol. The van der Waals surface area contributed by atoms with E-state index in [9.17, 15) is 4.39 Å². The van der Waals surface area contributed by atoms with E-state index in [0.29, 0.717) is 5.56 Å². The second-order valence-corrected chi connectivity index (χ2v) is 4.85. The maximum atomic E-state index is 13.7. The van der Waals surface area contributed by atoms with Crippen LogP contribution in [0.15, 0.2) is 18.2 Å². The largest absolute Gasteiger partial charge is 0.376 e. The van der Waals surface area contributed by atoms with Gasteiger partial charge in [0.05, 0.1) is 6.10 Å². The van der Waals surface area contributed by atoms with Gasteiger partial charge in [-0.3, -0.25) is 0 Å². The van der Waals surface area contributed by atoms with Crippen LogP contribution in [0.1, 0.15) is 24.8 Å². The summed E-state index contributed by atoms with van der Waals surface area (Å²) in [6, 6.07) is 5.21. The van der Waals surface area contributed by atoms with Crippen LogP contribution in [0.2, 0.25) is 0 Å². The third-order valence-electron chi connectivity index (χ3n) is 3.45. The summed E-state index contributed by atoms with van der Waals surface area (Å²) in [5.74, 6) is -0.230. The minimum absolute atomic E-state index is 0.230. The first-order valence-electron chi connectivity index (χ1n) is 6.52. The van der Waals surface area contributed by atoms with E-state index in [1.165, 1.54) is 6.42 Å². The third-order valence-corrected chi connectivity index (χ3v) is 3.45. The van der Waals surface area contributed by atoms with Gasteiger partial charge in [-0.05, 0) is 31.4 Å². The van der Waals surface area contributed by atoms with E-state index in [2.05, 4.69) is 0 Å². The van der Waals surface area contributed by atoms with Gasteiger partial charge in [-0.15, -0.1) is 0 Å². The summed E-state index contributed by atoms with van der Waals surface area (Å²) < 4.78 is 19.3. The highest BCUT2D eigenvalue weighted by molar-refractivity contribution is 5.47. The molecule has 1 aromatic carbocycles. The van der Waals surface area contributed by atoms with Crippen molar-refractivity contribution in [1.29, 1.82) is 0 Å². The fourth-order valence-corrected chi connectivity index (χ4v) is 2.30. The molecule has 18 heavy (non-hydrogen) atoms. The summed E-state index contributed by atoms with van der Waals surface area (Å²) in [4.78, 5) is 2.04. The van der Waals surface area contributed by atoms with Crippen LogP contribution in [0.5, 0.6) is 0 Å². The lowest BCUT2D eigenvalue weighted by atomic mass is 10.1. The Morgan fingerprint density at radius 1 is 1.44 bits per heavy atom. The summed E-state index contributed by atoms with van der Waals surface area (Å²) in [6.45, 7) is 1.89. The summed E-state index contributed by atoms with van der Waals surface area (Å²) >= 11 is 0. The maximum Gasteiger partial charge on any atom is 0.129 e. The molecule has 0 aliphatic carbocycles. The summed E-state index contributed by atoms with van der Waals surface area (Å²) in [5.41, 5.74) is 6.88. The quantitative estimate of drug-likeness (QED) is 0.893. The van der Waals surface area contributed by atoms with Crippen LogP contribution in [0.3, 0.4) is 0 Å². The highest BCUT2D eigenvalue weighted by Crippen LogP contribution is 2.20. The first kappa shape index (κ1) is 13.3. The number of halogens is 1. The van der Waals surface area contributed by atoms with Crippen molar-refractivity contribution >= 4 is 5.69 Å². The highest BCUT2D eigenvalue weighted by atomic mass is 19.1. The van der Waals surface area contributed by atoms with E-state index in [1.807, 2.05) is 18.0 Å². The molecule has 0 saturated carbocycles. The number of benzene rings is 1. The minimum Gasteiger partial charge on any atom is -0.376 e. The molecule has 1 aliphatic rings. The second-order valence-electron chi connectivity index (χ2n) is 4.85. The smallest absolute Gasteiger partial charge is 0.129 e. The minimum atomic E-state index is -0.230. The fraction of sp³-hybridized carbons (Fsp3) is 0.571. The Morgan fingerprint density at radius 2 is 2.28 bits per heavy atom. The van der Waals surface area contributed by atoms with Crippen LogP contribution in [0.25, 0.3) is 0 Å². The molecule has 2 rings (SSSR count). The van der Waals surface area contributed by atoms with Gasteiger partial charge in [0.2, 0.25) is 0 Å². The molecule has 1 atom stereocenters. The molecule has 4 heteroatoms. The number of likely N-dealkylation sites (N-methyl/N-ethyl adjacent to an activating group) is 1. The van der Waals surface area contributed by atoms with Gasteiger partial charge in [0.25, 0.3) is 0 Å². The summed E-state index contributed by atoms with van der Waals surface area (Å²) in [7, 11) is 1.97. The van der Waals surface area contributed by atoms with Gasteiger partial charge in [-0.2, -0.15) is 0 Å². The molecule has 2 N–H and O–H groups in total. The molecule has 100 valence electrons. The van der Waals surface area contributed by atoms with Gasteiger partial charge in [0.15, 0.2) is 0 Å². The molecule has 0 spiro atoms. The Hall–Kier alpha value is -1.13. The van der Waals surface area contributed by atoms with Crippen molar-refractivity contribution in [1.82, 2.24) is 0 Å². The zero-order chi connectivity index (χ0) is 13.0. The van der Waals surface area contributed by atoms with Crippen molar-refractivity contribution in [3.8, 4) is 0 Å². The summed E-state index contributed by atoms with van der Waals surface area (Å²) in [6.07, 6.45) is 3.73. The molecular formula is C14H21FN2O. The summed E-state index contributed by atoms with van der Waals surface area (Å²) in [5, 5.41) is 0. The van der Waals surface area contributed by atoms with Crippen molar-refractivity contribution < 1.29 is 9.13 Å². The third kappa shape index (κ3) is 3.21. The van der Waals surface area contributed by atoms with Gasteiger partial charge >= 0.3 is 0 Å². The first-order valence-corrected chi connectivity index (χ1v) is 6.52. The van der Waals surface area contributed by atoms with E-state index in [1.54, 1.807) is 12.1 Å². The number of nitrogens with zero attached hydrogens (tertiary/aromatic N) is 1. The van der Waals surface area contributed by atoms with Crippen LogP contribution >= 0.6 is 0 Å². The van der Waals surface area contributed by atoms with Crippen molar-refractivity contribution in [2.24, 2.45) is 5.73 Å². The number of hydrogen-bond acceptors (Lipinski definition) is 3. The Kier molecular flexibility index (Phi) is 4.55. The van der Waals surface area contributed by atoms with Crippen molar-refractivity contribution in [2.45, 2.75) is 31.9 Å². The van der Waals surface area contributed by atoms with Crippen molar-refractivity contribution in [2.75, 3.05) is 25.1 Å². The Labute approximate surface area is 108 Å². The number of anilines is 1. The molecule has 1 unspecified atom stereocenters. The zero-order valence-electron chi connectivity index (χ0n) is 10.9. The van der Waals surface area contributed by atoms with Gasteiger partial charge in [-0.25, -0.2) is 4.39 Å². The molecule has 1 fully saturated rings. The molecule has 1 saturated heterocycles. The second kappa shape index (κ2) is 6.16. The molecular weight excluding hydrogens is 231 g/mol. The molecule has 1 aliphatic heterocycles. The SMILES string of the molecule is CN(CC1CCCCO1)c1ccc(CN)c(F)c1. The van der Waals surface area contributed by atoms with Crippen LogP contribution < -0.4 is 10.6 Å². The van der Waals surface area contributed by atoms with E-state index in [4.69, 9.17) is 10.5 Å². The van der Waals surface area contributed by atoms with Gasteiger partial charge < -0.3 is 15.4 Å². The molecule has 3 nitrogen and oxygen atoms in total. The van der Waals surface area contributed by atoms with Gasteiger partial charge in [0, 0.05) is 38.0 Å². The molecule has 0 radical (unpaired) electrons. The lowest BCUT2D eigenvalue weighted by molar-refractivity contribution is 0.0216. The average molecular weight is 252 g/mol.